The number of aliphatic hydroxyl groups excluding tert-OH is 1. The number of carboxylic acids is 1. The molecule has 0 bridgehead atoms. The second-order valence-corrected chi connectivity index (χ2v) is 15.2. The highest BCUT2D eigenvalue weighted by atomic mass is 19.4. The zero-order valence-electron chi connectivity index (χ0n) is 28.4. The lowest BCUT2D eigenvalue weighted by molar-refractivity contribution is -0.396. The number of halogens is 9. The third-order valence-corrected chi connectivity index (χ3v) is 12.1. The standard InChI is InChI=1S/C37H49F9O4/c1-22-30(48)21-29-31-24(19-25-20-26(47)14-15-27(25)28(31)16-18-33(22,29)2)12-9-7-5-3-4-6-8-11-23(32(49)50)13-10-17-34(38,39)35(40,41)36(42,43)37(44,45)46/h14-15,20,23-24,28-31,47-48H,1,3-13,16-19,21H2,2H3,(H,49,50)/t23?,24-,28-,29+,30-,31-,33-/m1/s1. The summed E-state index contributed by atoms with van der Waals surface area (Å²) < 4.78 is 118. The van der Waals surface area contributed by atoms with Crippen LogP contribution in [0.5, 0.6) is 5.75 Å². The number of aromatic hydroxyl groups is 1. The fourth-order valence-corrected chi connectivity index (χ4v) is 9.19. The fourth-order valence-electron chi connectivity index (χ4n) is 9.19. The maximum absolute atomic E-state index is 13.8. The molecule has 1 aromatic rings. The van der Waals surface area contributed by atoms with Gasteiger partial charge in [-0.1, -0.05) is 64.5 Å². The number of benzene rings is 1. The number of unbranched alkanes of at least 4 members (excludes halogenated alkanes) is 6. The first-order valence-electron chi connectivity index (χ1n) is 17.8. The molecule has 1 aromatic carbocycles. The van der Waals surface area contributed by atoms with Crippen LogP contribution in [0.2, 0.25) is 0 Å². The average Bonchev–Trinajstić information content (AvgIpc) is 3.25. The lowest BCUT2D eigenvalue weighted by Gasteiger charge is -2.52. The molecule has 4 nitrogen and oxygen atoms in total. The third kappa shape index (κ3) is 7.97. The number of carbonyl (C=O) groups is 1. The Balaban J connectivity index is 1.19. The van der Waals surface area contributed by atoms with Crippen molar-refractivity contribution in [3.05, 3.63) is 41.5 Å². The van der Waals surface area contributed by atoms with Crippen LogP contribution in [-0.4, -0.2) is 51.3 Å². The average molecular weight is 729 g/mol. The van der Waals surface area contributed by atoms with Crippen molar-refractivity contribution < 1.29 is 59.6 Å². The van der Waals surface area contributed by atoms with Crippen molar-refractivity contribution in [3.8, 4) is 5.75 Å². The number of alkyl halides is 9. The number of phenolic OH excluding ortho intramolecular Hbond substituents is 1. The minimum Gasteiger partial charge on any atom is -0.508 e. The van der Waals surface area contributed by atoms with Gasteiger partial charge in [0, 0.05) is 6.42 Å². The molecule has 4 rings (SSSR count). The highest BCUT2D eigenvalue weighted by Crippen LogP contribution is 2.64. The fraction of sp³-hybridized carbons (Fsp3) is 0.757. The van der Waals surface area contributed by atoms with Gasteiger partial charge in [0.2, 0.25) is 0 Å². The number of phenols is 1. The summed E-state index contributed by atoms with van der Waals surface area (Å²) >= 11 is 0. The van der Waals surface area contributed by atoms with Crippen molar-refractivity contribution in [3.63, 3.8) is 0 Å². The minimum absolute atomic E-state index is 0.0402. The van der Waals surface area contributed by atoms with E-state index in [0.717, 1.165) is 69.8 Å². The maximum atomic E-state index is 13.8. The largest absolute Gasteiger partial charge is 0.508 e. The summed E-state index contributed by atoms with van der Waals surface area (Å²) in [6.07, 6.45) is -0.575. The summed E-state index contributed by atoms with van der Waals surface area (Å²) in [5, 5.41) is 30.4. The summed E-state index contributed by atoms with van der Waals surface area (Å²) in [7, 11) is 0. The highest BCUT2D eigenvalue weighted by molar-refractivity contribution is 5.69. The van der Waals surface area contributed by atoms with Crippen molar-refractivity contribution in [1.29, 1.82) is 0 Å². The number of hydrogen-bond acceptors (Lipinski definition) is 3. The molecule has 3 aliphatic rings. The molecule has 0 spiro atoms. The summed E-state index contributed by atoms with van der Waals surface area (Å²) in [5.41, 5.74) is 3.38. The molecular weight excluding hydrogens is 679 g/mol. The number of hydrogen-bond donors (Lipinski definition) is 3. The van der Waals surface area contributed by atoms with Crippen molar-refractivity contribution >= 4 is 5.97 Å². The van der Waals surface area contributed by atoms with Crippen LogP contribution in [0.1, 0.15) is 120 Å². The van der Waals surface area contributed by atoms with E-state index in [1.807, 2.05) is 6.07 Å². The van der Waals surface area contributed by atoms with Gasteiger partial charge >= 0.3 is 29.9 Å². The first kappa shape index (κ1) is 40.3. The molecule has 50 heavy (non-hydrogen) atoms. The number of fused-ring (bicyclic) bond motifs is 5. The molecule has 0 heterocycles. The van der Waals surface area contributed by atoms with Crippen LogP contribution in [0.15, 0.2) is 30.4 Å². The van der Waals surface area contributed by atoms with Crippen LogP contribution in [0.25, 0.3) is 0 Å². The van der Waals surface area contributed by atoms with Gasteiger partial charge in [0.15, 0.2) is 0 Å². The molecule has 284 valence electrons. The Morgan fingerprint density at radius 1 is 0.920 bits per heavy atom. The van der Waals surface area contributed by atoms with E-state index in [0.29, 0.717) is 36.5 Å². The molecule has 2 saturated carbocycles. The van der Waals surface area contributed by atoms with E-state index >= 15 is 0 Å². The monoisotopic (exact) mass is 728 g/mol. The van der Waals surface area contributed by atoms with Crippen molar-refractivity contribution in [2.45, 2.75) is 146 Å². The number of aliphatic hydroxyl groups is 1. The van der Waals surface area contributed by atoms with E-state index in [1.165, 1.54) is 11.1 Å². The molecule has 0 saturated heterocycles. The lowest BCUT2D eigenvalue weighted by atomic mass is 9.52. The minimum atomic E-state index is -6.95. The smallest absolute Gasteiger partial charge is 0.460 e. The zero-order chi connectivity index (χ0) is 37.3. The summed E-state index contributed by atoms with van der Waals surface area (Å²) in [4.78, 5) is 11.6. The molecule has 0 aromatic heterocycles. The number of rotatable bonds is 17. The van der Waals surface area contributed by atoms with Gasteiger partial charge in [-0.2, -0.15) is 39.5 Å². The van der Waals surface area contributed by atoms with E-state index < -0.39 is 61.2 Å². The maximum Gasteiger partial charge on any atom is 0.460 e. The van der Waals surface area contributed by atoms with Gasteiger partial charge in [-0.3, -0.25) is 4.79 Å². The Morgan fingerprint density at radius 3 is 2.14 bits per heavy atom. The normalized spacial score (nSPS) is 27.8. The van der Waals surface area contributed by atoms with Gasteiger partial charge in [-0.15, -0.1) is 0 Å². The SMILES string of the molecule is C=C1[C@H](O)C[C@H]2[C@@H]3[C@H](CCCCCCCCCC(CCCC(F)(F)C(F)(F)C(F)(F)C(F)(F)F)C(=O)O)Cc4cc(O)ccc4[C@H]3CC[C@]12C. The van der Waals surface area contributed by atoms with E-state index in [2.05, 4.69) is 19.6 Å². The van der Waals surface area contributed by atoms with E-state index in [-0.39, 0.29) is 17.6 Å². The number of carboxylic acid groups (broad SMARTS) is 1. The predicted molar refractivity (Wildman–Crippen MR) is 170 cm³/mol. The van der Waals surface area contributed by atoms with Gasteiger partial charge in [-0.05, 0) is 109 Å². The van der Waals surface area contributed by atoms with Gasteiger partial charge in [0.1, 0.15) is 5.75 Å². The molecule has 0 radical (unpaired) electrons. The molecule has 1 unspecified atom stereocenters. The van der Waals surface area contributed by atoms with Crippen LogP contribution in [0.3, 0.4) is 0 Å². The Bertz CT molecular complexity index is 1350. The van der Waals surface area contributed by atoms with Gasteiger partial charge in [-0.25, -0.2) is 0 Å². The predicted octanol–water partition coefficient (Wildman–Crippen LogP) is 10.9. The first-order chi connectivity index (χ1) is 23.2. The molecule has 0 amide bonds. The summed E-state index contributed by atoms with van der Waals surface area (Å²) in [5.74, 6) is -20.1. The highest BCUT2D eigenvalue weighted by Gasteiger charge is 2.81. The second-order valence-electron chi connectivity index (χ2n) is 15.2. The van der Waals surface area contributed by atoms with Crippen LogP contribution in [0, 0.1) is 29.1 Å². The molecule has 7 atom stereocenters. The first-order valence-corrected chi connectivity index (χ1v) is 17.8. The lowest BCUT2D eigenvalue weighted by Crippen LogP contribution is -2.60. The second kappa shape index (κ2) is 15.3. The van der Waals surface area contributed by atoms with Crippen molar-refractivity contribution in [2.24, 2.45) is 29.1 Å². The Morgan fingerprint density at radius 2 is 1.52 bits per heavy atom. The Labute approximate surface area is 287 Å². The summed E-state index contributed by atoms with van der Waals surface area (Å²) in [6.45, 7) is 6.52. The summed E-state index contributed by atoms with van der Waals surface area (Å²) in [6, 6.07) is 5.71. The molecule has 0 aliphatic heterocycles. The van der Waals surface area contributed by atoms with Crippen molar-refractivity contribution in [1.82, 2.24) is 0 Å². The quantitative estimate of drug-likeness (QED) is 0.0848. The topological polar surface area (TPSA) is 77.8 Å². The van der Waals surface area contributed by atoms with Crippen LogP contribution >= 0.6 is 0 Å². The third-order valence-electron chi connectivity index (χ3n) is 12.1. The molecule has 3 N–H and O–H groups in total. The van der Waals surface area contributed by atoms with Crippen LogP contribution in [0.4, 0.5) is 39.5 Å². The molecule has 2 fully saturated rings. The van der Waals surface area contributed by atoms with E-state index in [4.69, 9.17) is 0 Å². The van der Waals surface area contributed by atoms with E-state index in [9.17, 15) is 59.6 Å². The molecule has 13 heteroatoms. The van der Waals surface area contributed by atoms with Gasteiger partial charge < -0.3 is 15.3 Å². The Hall–Kier alpha value is -2.44. The van der Waals surface area contributed by atoms with Gasteiger partial charge in [0.05, 0.1) is 12.0 Å². The van der Waals surface area contributed by atoms with Crippen LogP contribution < -0.4 is 0 Å². The number of aliphatic carboxylic acids is 1. The van der Waals surface area contributed by atoms with Crippen molar-refractivity contribution in [2.75, 3.05) is 0 Å². The Kier molecular flexibility index (Phi) is 12.3. The van der Waals surface area contributed by atoms with E-state index in [1.54, 1.807) is 6.07 Å². The molecular formula is C37H49F9O4. The van der Waals surface area contributed by atoms with Crippen LogP contribution in [-0.2, 0) is 11.2 Å². The molecule has 3 aliphatic carbocycles. The zero-order valence-corrected chi connectivity index (χ0v) is 28.4. The van der Waals surface area contributed by atoms with Gasteiger partial charge in [0.25, 0.3) is 0 Å².